The summed E-state index contributed by atoms with van der Waals surface area (Å²) in [6, 6.07) is 14.5. The monoisotopic (exact) mass is 524 g/mol. The Hall–Kier alpha value is -2.13. The molecule has 0 heterocycles. The van der Waals surface area contributed by atoms with E-state index < -0.39 is 23.8 Å². The molecule has 2 atom stereocenters. The Morgan fingerprint density at radius 1 is 1.10 bits per heavy atom. The van der Waals surface area contributed by atoms with Crippen LogP contribution in [-0.4, -0.2) is 29.7 Å². The van der Waals surface area contributed by atoms with Crippen molar-refractivity contribution in [3.8, 4) is 0 Å². The second kappa shape index (κ2) is 10.8. The quantitative estimate of drug-likeness (QED) is 0.498. The summed E-state index contributed by atoms with van der Waals surface area (Å²) in [5, 5.41) is 5.55. The maximum Gasteiger partial charge on any atom is 0.408 e. The van der Waals surface area contributed by atoms with Crippen LogP contribution in [0.2, 0.25) is 0 Å². The lowest BCUT2D eigenvalue weighted by molar-refractivity contribution is -0.122. The van der Waals surface area contributed by atoms with Gasteiger partial charge in [0.05, 0.1) is 12.7 Å². The summed E-state index contributed by atoms with van der Waals surface area (Å²) in [5.74, 6) is -0.370. The van der Waals surface area contributed by atoms with Crippen molar-refractivity contribution in [2.45, 2.75) is 59.0 Å². The molecule has 0 aliphatic carbocycles. The van der Waals surface area contributed by atoms with Crippen molar-refractivity contribution in [2.24, 2.45) is 0 Å². The molecule has 0 saturated heterocycles. The van der Waals surface area contributed by atoms with E-state index in [-0.39, 0.29) is 5.91 Å². The Labute approximate surface area is 191 Å². The van der Waals surface area contributed by atoms with E-state index in [1.165, 1.54) is 0 Å². The number of benzene rings is 2. The molecule has 0 radical (unpaired) electrons. The Morgan fingerprint density at radius 2 is 1.77 bits per heavy atom. The normalized spacial score (nSPS) is 13.3. The van der Waals surface area contributed by atoms with Gasteiger partial charge in [-0.05, 0) is 86.5 Å². The van der Waals surface area contributed by atoms with Gasteiger partial charge in [-0.1, -0.05) is 30.3 Å². The van der Waals surface area contributed by atoms with E-state index in [0.717, 1.165) is 14.7 Å². The number of halogens is 1. The molecule has 2 N–H and O–H groups in total. The van der Waals surface area contributed by atoms with E-state index in [9.17, 15) is 9.59 Å². The molecule has 162 valence electrons. The molecule has 2 aromatic rings. The number of nitrogens with one attached hydrogen (secondary N) is 2. The molecule has 0 aromatic heterocycles. The maximum absolute atomic E-state index is 13.0. The van der Waals surface area contributed by atoms with Crippen molar-refractivity contribution >= 4 is 40.3 Å². The average Bonchev–Trinajstić information content (AvgIpc) is 2.65. The molecule has 7 heteroatoms. The lowest BCUT2D eigenvalue weighted by Gasteiger charge is -2.27. The fourth-order valence-electron chi connectivity index (χ4n) is 2.71. The molecule has 0 spiro atoms. The van der Waals surface area contributed by atoms with Gasteiger partial charge in [-0.25, -0.2) is 4.79 Å². The summed E-state index contributed by atoms with van der Waals surface area (Å²) in [5.41, 5.74) is 1.93. The van der Waals surface area contributed by atoms with Crippen molar-refractivity contribution in [1.29, 1.82) is 0 Å². The summed E-state index contributed by atoms with van der Waals surface area (Å²) in [6.45, 7) is 9.31. The van der Waals surface area contributed by atoms with Gasteiger partial charge >= 0.3 is 6.09 Å². The average molecular weight is 524 g/mol. The summed E-state index contributed by atoms with van der Waals surface area (Å²) in [7, 11) is 0. The molecule has 30 heavy (non-hydrogen) atoms. The highest BCUT2D eigenvalue weighted by Crippen LogP contribution is 2.19. The first-order valence-corrected chi connectivity index (χ1v) is 10.8. The zero-order valence-electron chi connectivity index (χ0n) is 18.0. The van der Waals surface area contributed by atoms with Gasteiger partial charge in [0.2, 0.25) is 5.91 Å². The van der Waals surface area contributed by atoms with E-state index in [4.69, 9.17) is 9.47 Å². The van der Waals surface area contributed by atoms with E-state index in [1.54, 1.807) is 27.7 Å². The van der Waals surface area contributed by atoms with Crippen LogP contribution in [0.15, 0.2) is 48.5 Å². The van der Waals surface area contributed by atoms with Crippen LogP contribution in [0.5, 0.6) is 0 Å². The van der Waals surface area contributed by atoms with Crippen LogP contribution < -0.4 is 10.6 Å². The third-order valence-electron chi connectivity index (χ3n) is 4.23. The standard InChI is InChI=1S/C23H29IN2O4/c1-15-13-18(24)11-12-19(15)25-21(27)20(26-22(28)30-23(3,4)5)16(2)29-14-17-9-7-6-8-10-17/h6-13,16,20H,14H2,1-5H3,(H,25,27)(H,26,28)/t16-,20+/m0/s1. The number of hydrogen-bond donors (Lipinski definition) is 2. The maximum atomic E-state index is 13.0. The van der Waals surface area contributed by atoms with Gasteiger partial charge in [0.25, 0.3) is 0 Å². The molecule has 6 nitrogen and oxygen atoms in total. The Balaban J connectivity index is 2.13. The molecule has 0 aliphatic rings. The molecule has 2 amide bonds. The minimum atomic E-state index is -0.928. The van der Waals surface area contributed by atoms with Gasteiger partial charge in [-0.2, -0.15) is 0 Å². The lowest BCUT2D eigenvalue weighted by Crippen LogP contribution is -2.52. The largest absolute Gasteiger partial charge is 0.444 e. The number of aryl methyl sites for hydroxylation is 1. The van der Waals surface area contributed by atoms with Crippen LogP contribution in [-0.2, 0) is 20.9 Å². The van der Waals surface area contributed by atoms with Crippen molar-refractivity contribution in [3.05, 3.63) is 63.2 Å². The highest BCUT2D eigenvalue weighted by atomic mass is 127. The topological polar surface area (TPSA) is 76.7 Å². The van der Waals surface area contributed by atoms with Gasteiger partial charge in [0.1, 0.15) is 11.6 Å². The number of ether oxygens (including phenoxy) is 2. The number of carbonyl (C=O) groups is 2. The fraction of sp³-hybridized carbons (Fsp3) is 0.391. The SMILES string of the molecule is Cc1cc(I)ccc1NC(=O)[C@H](NC(=O)OC(C)(C)C)[C@H](C)OCc1ccccc1. The van der Waals surface area contributed by atoms with Crippen LogP contribution in [0, 0.1) is 10.5 Å². The molecule has 0 bridgehead atoms. The first-order valence-electron chi connectivity index (χ1n) is 9.77. The van der Waals surface area contributed by atoms with Gasteiger partial charge in [-0.15, -0.1) is 0 Å². The van der Waals surface area contributed by atoms with E-state index >= 15 is 0 Å². The minimum absolute atomic E-state index is 0.324. The zero-order valence-corrected chi connectivity index (χ0v) is 20.1. The van der Waals surface area contributed by atoms with E-state index in [1.807, 2.05) is 55.5 Å². The van der Waals surface area contributed by atoms with Crippen molar-refractivity contribution in [2.75, 3.05) is 5.32 Å². The smallest absolute Gasteiger partial charge is 0.408 e. The van der Waals surface area contributed by atoms with Crippen LogP contribution in [0.4, 0.5) is 10.5 Å². The van der Waals surface area contributed by atoms with Gasteiger partial charge in [0.15, 0.2) is 0 Å². The number of alkyl carbamates (subject to hydrolysis) is 1. The summed E-state index contributed by atoms with van der Waals surface area (Å²) in [4.78, 5) is 25.4. The molecule has 2 aromatic carbocycles. The zero-order chi connectivity index (χ0) is 22.3. The molecule has 0 saturated carbocycles. The van der Waals surface area contributed by atoms with Crippen LogP contribution in [0.25, 0.3) is 0 Å². The number of rotatable bonds is 7. The Morgan fingerprint density at radius 3 is 2.37 bits per heavy atom. The Bertz CT molecular complexity index is 865. The third-order valence-corrected chi connectivity index (χ3v) is 4.90. The van der Waals surface area contributed by atoms with Crippen LogP contribution in [0.1, 0.15) is 38.8 Å². The third kappa shape index (κ3) is 7.95. The number of hydrogen-bond acceptors (Lipinski definition) is 4. The van der Waals surface area contributed by atoms with Gasteiger partial charge in [0, 0.05) is 9.26 Å². The number of carbonyl (C=O) groups excluding carboxylic acids is 2. The lowest BCUT2D eigenvalue weighted by atomic mass is 10.1. The molecular formula is C23H29IN2O4. The van der Waals surface area contributed by atoms with Crippen LogP contribution in [0.3, 0.4) is 0 Å². The molecule has 0 fully saturated rings. The molecule has 0 aliphatic heterocycles. The second-order valence-corrected chi connectivity index (χ2v) is 9.32. The summed E-state index contributed by atoms with van der Waals surface area (Å²) in [6.07, 6.45) is -1.25. The summed E-state index contributed by atoms with van der Waals surface area (Å²) < 4.78 is 12.3. The highest BCUT2D eigenvalue weighted by molar-refractivity contribution is 14.1. The number of amides is 2. The van der Waals surface area contributed by atoms with Crippen molar-refractivity contribution in [3.63, 3.8) is 0 Å². The molecular weight excluding hydrogens is 495 g/mol. The number of anilines is 1. The second-order valence-electron chi connectivity index (χ2n) is 8.07. The predicted molar refractivity (Wildman–Crippen MR) is 126 cm³/mol. The minimum Gasteiger partial charge on any atom is -0.444 e. The molecule has 2 rings (SSSR count). The highest BCUT2D eigenvalue weighted by Gasteiger charge is 2.30. The Kier molecular flexibility index (Phi) is 8.66. The van der Waals surface area contributed by atoms with Crippen molar-refractivity contribution in [1.82, 2.24) is 5.32 Å². The molecule has 0 unspecified atom stereocenters. The van der Waals surface area contributed by atoms with E-state index in [2.05, 4.69) is 33.2 Å². The predicted octanol–water partition coefficient (Wildman–Crippen LogP) is 5.04. The van der Waals surface area contributed by atoms with Gasteiger partial charge < -0.3 is 20.1 Å². The van der Waals surface area contributed by atoms with Crippen LogP contribution >= 0.6 is 22.6 Å². The van der Waals surface area contributed by atoms with E-state index in [0.29, 0.717) is 12.3 Å². The van der Waals surface area contributed by atoms with Crippen molar-refractivity contribution < 1.29 is 19.1 Å². The summed E-state index contributed by atoms with van der Waals surface area (Å²) >= 11 is 2.22. The fourth-order valence-corrected chi connectivity index (χ4v) is 3.35. The first-order chi connectivity index (χ1) is 14.0. The first kappa shape index (κ1) is 24.1. The van der Waals surface area contributed by atoms with Gasteiger partial charge in [-0.3, -0.25) is 4.79 Å².